The normalized spacial score (nSPS) is 19.9. The predicted octanol–water partition coefficient (Wildman–Crippen LogP) is 0.382. The van der Waals surface area contributed by atoms with Crippen LogP contribution in [0.25, 0.3) is 0 Å². The second kappa shape index (κ2) is 5.24. The highest BCUT2D eigenvalue weighted by atomic mass is 16.5. The average Bonchev–Trinajstić information content (AvgIpc) is 2.89. The third-order valence-corrected chi connectivity index (χ3v) is 2.92. The molecule has 1 aliphatic heterocycles. The molecule has 6 heteroatoms. The van der Waals surface area contributed by atoms with Crippen molar-refractivity contribution in [2.24, 2.45) is 0 Å². The number of nitrogens with one attached hydrogen (secondary N) is 1. The molecule has 2 aromatic rings. The Morgan fingerprint density at radius 3 is 3.22 bits per heavy atom. The number of hydrogen-bond donors (Lipinski definition) is 1. The number of hydrogen-bond acceptors (Lipinski definition) is 5. The summed E-state index contributed by atoms with van der Waals surface area (Å²) in [4.78, 5) is 4.31. The number of nitrogens with zero attached hydrogens (tertiary/aromatic N) is 4. The molecule has 0 aliphatic carbocycles. The first-order chi connectivity index (χ1) is 8.93. The van der Waals surface area contributed by atoms with Crippen LogP contribution in [0.2, 0.25) is 0 Å². The molecule has 0 saturated carbocycles. The topological polar surface area (TPSA) is 64.9 Å². The molecule has 6 nitrogen and oxygen atoms in total. The molecule has 3 heterocycles. The first kappa shape index (κ1) is 11.3. The van der Waals surface area contributed by atoms with Crippen LogP contribution in [0.15, 0.2) is 30.7 Å². The average molecular weight is 245 g/mol. The Morgan fingerprint density at radius 2 is 2.44 bits per heavy atom. The molecule has 1 aliphatic rings. The first-order valence-electron chi connectivity index (χ1n) is 6.03. The largest absolute Gasteiger partial charge is 0.368 e. The quantitative estimate of drug-likeness (QED) is 0.847. The molecule has 0 bridgehead atoms. The van der Waals surface area contributed by atoms with Gasteiger partial charge in [0.2, 0.25) is 0 Å². The first-order valence-corrected chi connectivity index (χ1v) is 6.03. The molecule has 0 radical (unpaired) electrons. The molecule has 1 N–H and O–H groups in total. The van der Waals surface area contributed by atoms with Gasteiger partial charge in [-0.15, -0.1) is 10.2 Å². The number of morpholine rings is 1. The summed E-state index contributed by atoms with van der Waals surface area (Å²) in [6, 6.07) is 5.87. The molecule has 1 unspecified atom stereocenters. The van der Waals surface area contributed by atoms with Crippen molar-refractivity contribution in [1.29, 1.82) is 0 Å². The van der Waals surface area contributed by atoms with Gasteiger partial charge in [0.05, 0.1) is 18.8 Å². The zero-order chi connectivity index (χ0) is 12.2. The van der Waals surface area contributed by atoms with Gasteiger partial charge in [-0.3, -0.25) is 4.98 Å². The van der Waals surface area contributed by atoms with Crippen LogP contribution in [0.4, 0.5) is 0 Å². The van der Waals surface area contributed by atoms with Gasteiger partial charge in [0.1, 0.15) is 12.4 Å². The summed E-state index contributed by atoms with van der Waals surface area (Å²) in [5.74, 6) is 0.854. The van der Waals surface area contributed by atoms with E-state index in [-0.39, 0.29) is 6.10 Å². The lowest BCUT2D eigenvalue weighted by Gasteiger charge is -2.23. The Morgan fingerprint density at radius 1 is 1.44 bits per heavy atom. The van der Waals surface area contributed by atoms with Crippen molar-refractivity contribution in [3.8, 4) is 0 Å². The van der Waals surface area contributed by atoms with Gasteiger partial charge in [0.25, 0.3) is 0 Å². The van der Waals surface area contributed by atoms with E-state index in [4.69, 9.17) is 4.74 Å². The van der Waals surface area contributed by atoms with Gasteiger partial charge in [-0.2, -0.15) is 0 Å². The number of rotatable bonds is 3. The minimum atomic E-state index is -0.0232. The maximum Gasteiger partial charge on any atom is 0.163 e. The van der Waals surface area contributed by atoms with Crippen LogP contribution >= 0.6 is 0 Å². The molecular weight excluding hydrogens is 230 g/mol. The lowest BCUT2D eigenvalue weighted by atomic mass is 10.3. The summed E-state index contributed by atoms with van der Waals surface area (Å²) < 4.78 is 7.68. The van der Waals surface area contributed by atoms with Gasteiger partial charge in [-0.25, -0.2) is 0 Å². The van der Waals surface area contributed by atoms with E-state index in [1.54, 1.807) is 12.5 Å². The maximum atomic E-state index is 5.69. The Hall–Kier alpha value is -1.79. The van der Waals surface area contributed by atoms with Crippen LogP contribution in [-0.4, -0.2) is 39.4 Å². The summed E-state index contributed by atoms with van der Waals surface area (Å²) in [6.07, 6.45) is 3.49. The summed E-state index contributed by atoms with van der Waals surface area (Å²) in [7, 11) is 0. The second-order valence-electron chi connectivity index (χ2n) is 4.20. The molecule has 1 atom stereocenters. The van der Waals surface area contributed by atoms with Crippen molar-refractivity contribution in [1.82, 2.24) is 25.1 Å². The smallest absolute Gasteiger partial charge is 0.163 e. The van der Waals surface area contributed by atoms with E-state index in [0.29, 0.717) is 13.2 Å². The fraction of sp³-hybridized carbons (Fsp3) is 0.417. The molecule has 0 amide bonds. The lowest BCUT2D eigenvalue weighted by Crippen LogP contribution is -2.34. The van der Waals surface area contributed by atoms with Crippen molar-refractivity contribution in [2.75, 3.05) is 19.7 Å². The highest BCUT2D eigenvalue weighted by Gasteiger charge is 2.21. The van der Waals surface area contributed by atoms with Crippen LogP contribution in [0, 0.1) is 0 Å². The molecular formula is C12H15N5O. The molecule has 1 fully saturated rings. The summed E-state index contributed by atoms with van der Waals surface area (Å²) in [5, 5.41) is 11.4. The minimum absolute atomic E-state index is 0.0232. The molecule has 2 aromatic heterocycles. The standard InChI is InChI=1S/C12H15N5O/c1-2-4-14-10(3-1)8-17-9-15-16-12(17)11-7-13-5-6-18-11/h1-4,9,11,13H,5-8H2. The van der Waals surface area contributed by atoms with Gasteiger partial charge in [0.15, 0.2) is 5.82 Å². The maximum absolute atomic E-state index is 5.69. The van der Waals surface area contributed by atoms with E-state index in [0.717, 1.165) is 24.6 Å². The third kappa shape index (κ3) is 2.39. The fourth-order valence-electron chi connectivity index (χ4n) is 2.03. The van der Waals surface area contributed by atoms with Gasteiger partial charge in [0, 0.05) is 19.3 Å². The molecule has 94 valence electrons. The van der Waals surface area contributed by atoms with E-state index in [2.05, 4.69) is 20.5 Å². The Balaban J connectivity index is 1.78. The van der Waals surface area contributed by atoms with Crippen LogP contribution in [0.1, 0.15) is 17.6 Å². The van der Waals surface area contributed by atoms with Crippen LogP contribution in [0.5, 0.6) is 0 Å². The molecule has 0 spiro atoms. The van der Waals surface area contributed by atoms with E-state index in [1.165, 1.54) is 0 Å². The lowest BCUT2D eigenvalue weighted by molar-refractivity contribution is 0.0199. The van der Waals surface area contributed by atoms with E-state index in [9.17, 15) is 0 Å². The van der Waals surface area contributed by atoms with Crippen molar-refractivity contribution >= 4 is 0 Å². The van der Waals surface area contributed by atoms with Gasteiger partial charge >= 0.3 is 0 Å². The molecule has 3 rings (SSSR count). The van der Waals surface area contributed by atoms with Gasteiger partial charge in [-0.05, 0) is 12.1 Å². The van der Waals surface area contributed by atoms with Crippen molar-refractivity contribution in [2.45, 2.75) is 12.6 Å². The SMILES string of the molecule is c1ccc(Cn2cnnc2C2CNCCO2)nc1. The second-order valence-corrected chi connectivity index (χ2v) is 4.20. The highest BCUT2D eigenvalue weighted by molar-refractivity contribution is 5.06. The third-order valence-electron chi connectivity index (χ3n) is 2.92. The summed E-state index contributed by atoms with van der Waals surface area (Å²) >= 11 is 0. The Kier molecular flexibility index (Phi) is 3.29. The minimum Gasteiger partial charge on any atom is -0.368 e. The van der Waals surface area contributed by atoms with Crippen LogP contribution < -0.4 is 5.32 Å². The van der Waals surface area contributed by atoms with Gasteiger partial charge in [-0.1, -0.05) is 6.07 Å². The molecule has 18 heavy (non-hydrogen) atoms. The van der Waals surface area contributed by atoms with Crippen molar-refractivity contribution < 1.29 is 4.74 Å². The monoisotopic (exact) mass is 245 g/mol. The highest BCUT2D eigenvalue weighted by Crippen LogP contribution is 2.16. The Labute approximate surface area is 105 Å². The summed E-state index contributed by atoms with van der Waals surface area (Å²) in [6.45, 7) is 3.05. The zero-order valence-corrected chi connectivity index (χ0v) is 9.99. The summed E-state index contributed by atoms with van der Waals surface area (Å²) in [5.41, 5.74) is 0.988. The van der Waals surface area contributed by atoms with Crippen molar-refractivity contribution in [3.05, 3.63) is 42.2 Å². The zero-order valence-electron chi connectivity index (χ0n) is 9.99. The fourth-order valence-corrected chi connectivity index (χ4v) is 2.03. The van der Waals surface area contributed by atoms with E-state index in [1.807, 2.05) is 22.8 Å². The number of ether oxygens (including phenoxy) is 1. The molecule has 0 aromatic carbocycles. The van der Waals surface area contributed by atoms with Gasteiger partial charge < -0.3 is 14.6 Å². The number of pyridine rings is 1. The predicted molar refractivity (Wildman–Crippen MR) is 64.9 cm³/mol. The van der Waals surface area contributed by atoms with Crippen LogP contribution in [-0.2, 0) is 11.3 Å². The van der Waals surface area contributed by atoms with E-state index < -0.39 is 0 Å². The van der Waals surface area contributed by atoms with Crippen LogP contribution in [0.3, 0.4) is 0 Å². The van der Waals surface area contributed by atoms with Crippen molar-refractivity contribution in [3.63, 3.8) is 0 Å². The van der Waals surface area contributed by atoms with E-state index >= 15 is 0 Å². The molecule has 1 saturated heterocycles. The Bertz CT molecular complexity index is 492. The number of aromatic nitrogens is 4.